The van der Waals surface area contributed by atoms with Crippen LogP contribution in [0.25, 0.3) is 0 Å². The first-order chi connectivity index (χ1) is 12.1. The monoisotopic (exact) mass is 348 g/mol. The van der Waals surface area contributed by atoms with Gasteiger partial charge in [0.05, 0.1) is 13.2 Å². The van der Waals surface area contributed by atoms with Crippen LogP contribution in [-0.2, 0) is 14.3 Å². The Bertz CT molecular complexity index is 490. The van der Waals surface area contributed by atoms with Gasteiger partial charge in [-0.15, -0.1) is 0 Å². The van der Waals surface area contributed by atoms with Gasteiger partial charge >= 0.3 is 5.97 Å². The molecule has 0 fully saturated rings. The maximum atomic E-state index is 12.0. The molecule has 0 spiro atoms. The van der Waals surface area contributed by atoms with Crippen LogP contribution in [0, 0.1) is 11.8 Å². The standard InChI is InChI=1S/C21H32O4/c1-3-4-7-11-18(22)14-15-19-17(13-16-20(19)23)10-8-5-6-9-12-21(24)25-2/h5,8,13-19,22H,3-4,6-7,9-12H2,1-2H3/b8-5-,15-14+/t17-,18+,19?/m1/s1. The molecule has 0 aliphatic heterocycles. The van der Waals surface area contributed by atoms with Gasteiger partial charge < -0.3 is 9.84 Å². The van der Waals surface area contributed by atoms with E-state index >= 15 is 0 Å². The van der Waals surface area contributed by atoms with Crippen molar-refractivity contribution in [1.82, 2.24) is 0 Å². The number of unbranched alkanes of at least 4 members (excludes halogenated alkanes) is 3. The molecule has 3 atom stereocenters. The second-order valence-electron chi connectivity index (χ2n) is 6.57. The maximum absolute atomic E-state index is 12.0. The molecule has 1 rings (SSSR count). The normalized spacial score (nSPS) is 21.5. The first-order valence-electron chi connectivity index (χ1n) is 9.38. The summed E-state index contributed by atoms with van der Waals surface area (Å²) in [6.45, 7) is 2.14. The molecule has 0 amide bonds. The summed E-state index contributed by atoms with van der Waals surface area (Å²) in [7, 11) is 1.40. The molecule has 1 aliphatic rings. The molecule has 1 aliphatic carbocycles. The second kappa shape index (κ2) is 12.6. The molecule has 4 heteroatoms. The zero-order valence-electron chi connectivity index (χ0n) is 15.5. The summed E-state index contributed by atoms with van der Waals surface area (Å²) in [5.41, 5.74) is 0. The largest absolute Gasteiger partial charge is 0.469 e. The van der Waals surface area contributed by atoms with E-state index in [4.69, 9.17) is 0 Å². The van der Waals surface area contributed by atoms with Crippen molar-refractivity contribution in [2.75, 3.05) is 7.11 Å². The molecule has 0 saturated heterocycles. The van der Waals surface area contributed by atoms with E-state index in [1.54, 1.807) is 12.2 Å². The number of hydrogen-bond donors (Lipinski definition) is 1. The van der Waals surface area contributed by atoms with Crippen molar-refractivity contribution in [3.63, 3.8) is 0 Å². The van der Waals surface area contributed by atoms with Crippen LogP contribution in [0.3, 0.4) is 0 Å². The van der Waals surface area contributed by atoms with Crippen molar-refractivity contribution in [3.05, 3.63) is 36.5 Å². The van der Waals surface area contributed by atoms with Crippen LogP contribution in [0.1, 0.15) is 58.3 Å². The Labute approximate surface area is 151 Å². The van der Waals surface area contributed by atoms with Crippen LogP contribution in [0.4, 0.5) is 0 Å². The van der Waals surface area contributed by atoms with Gasteiger partial charge in [0.1, 0.15) is 0 Å². The number of hydrogen-bond acceptors (Lipinski definition) is 4. The molecular formula is C21H32O4. The fraction of sp³-hybridized carbons (Fsp3) is 0.619. The van der Waals surface area contributed by atoms with Crippen molar-refractivity contribution in [3.8, 4) is 0 Å². The Morgan fingerprint density at radius 3 is 2.84 bits per heavy atom. The Kier molecular flexibility index (Phi) is 10.8. The Morgan fingerprint density at radius 2 is 2.12 bits per heavy atom. The van der Waals surface area contributed by atoms with E-state index in [0.29, 0.717) is 6.42 Å². The average molecular weight is 348 g/mol. The number of ether oxygens (including phenoxy) is 1. The number of ketones is 1. The van der Waals surface area contributed by atoms with E-state index in [2.05, 4.69) is 23.8 Å². The molecule has 1 N–H and O–H groups in total. The topological polar surface area (TPSA) is 63.6 Å². The van der Waals surface area contributed by atoms with Crippen LogP contribution >= 0.6 is 0 Å². The second-order valence-corrected chi connectivity index (χ2v) is 6.57. The molecule has 1 unspecified atom stereocenters. The van der Waals surface area contributed by atoms with E-state index in [0.717, 1.165) is 44.9 Å². The summed E-state index contributed by atoms with van der Waals surface area (Å²) >= 11 is 0. The summed E-state index contributed by atoms with van der Waals surface area (Å²) < 4.78 is 4.60. The first-order valence-corrected chi connectivity index (χ1v) is 9.38. The zero-order valence-corrected chi connectivity index (χ0v) is 15.5. The van der Waals surface area contributed by atoms with Gasteiger partial charge in [-0.3, -0.25) is 9.59 Å². The molecule has 0 saturated carbocycles. The fourth-order valence-electron chi connectivity index (χ4n) is 2.91. The SMILES string of the molecule is CCCCC[C@H](O)/C=C/C1C(=O)C=C[C@H]1C/C=C\CCCC(=O)OC. The summed E-state index contributed by atoms with van der Waals surface area (Å²) in [5, 5.41) is 9.98. The van der Waals surface area contributed by atoms with Crippen LogP contribution in [0.5, 0.6) is 0 Å². The van der Waals surface area contributed by atoms with Gasteiger partial charge in [0.25, 0.3) is 0 Å². The third-order valence-corrected chi connectivity index (χ3v) is 4.50. The lowest BCUT2D eigenvalue weighted by molar-refractivity contribution is -0.140. The average Bonchev–Trinajstić information content (AvgIpc) is 2.96. The number of methoxy groups -OCH3 is 1. The Morgan fingerprint density at radius 1 is 1.32 bits per heavy atom. The van der Waals surface area contributed by atoms with Gasteiger partial charge in [-0.25, -0.2) is 0 Å². The number of carbonyl (C=O) groups is 2. The van der Waals surface area contributed by atoms with Gasteiger partial charge in [0, 0.05) is 12.3 Å². The highest BCUT2D eigenvalue weighted by Gasteiger charge is 2.26. The Hall–Kier alpha value is -1.68. The molecule has 0 radical (unpaired) electrons. The van der Waals surface area contributed by atoms with E-state index < -0.39 is 6.10 Å². The lowest BCUT2D eigenvalue weighted by Gasteiger charge is -2.13. The van der Waals surface area contributed by atoms with Crippen LogP contribution in [0.15, 0.2) is 36.5 Å². The third kappa shape index (κ3) is 8.82. The minimum absolute atomic E-state index is 0.112. The minimum atomic E-state index is -0.463. The lowest BCUT2D eigenvalue weighted by atomic mass is 9.90. The summed E-state index contributed by atoms with van der Waals surface area (Å²) in [5.74, 6) is -0.0782. The van der Waals surface area contributed by atoms with E-state index in [9.17, 15) is 14.7 Å². The molecular weight excluding hydrogens is 316 g/mol. The number of rotatable bonds is 12. The number of allylic oxidation sites excluding steroid dienone is 5. The number of esters is 1. The van der Waals surface area contributed by atoms with Crippen molar-refractivity contribution < 1.29 is 19.4 Å². The van der Waals surface area contributed by atoms with E-state index in [1.165, 1.54) is 7.11 Å². The van der Waals surface area contributed by atoms with Gasteiger partial charge in [-0.1, -0.05) is 56.6 Å². The van der Waals surface area contributed by atoms with Crippen LogP contribution < -0.4 is 0 Å². The highest BCUT2D eigenvalue weighted by Crippen LogP contribution is 2.27. The molecule has 0 aromatic heterocycles. The van der Waals surface area contributed by atoms with Crippen molar-refractivity contribution in [1.29, 1.82) is 0 Å². The fourth-order valence-corrected chi connectivity index (χ4v) is 2.91. The Balaban J connectivity index is 2.36. The van der Waals surface area contributed by atoms with Crippen LogP contribution in [-0.4, -0.2) is 30.1 Å². The summed E-state index contributed by atoms with van der Waals surface area (Å²) in [4.78, 5) is 23.0. The smallest absolute Gasteiger partial charge is 0.305 e. The quantitative estimate of drug-likeness (QED) is 0.327. The number of carbonyl (C=O) groups excluding carboxylic acids is 2. The predicted octanol–water partition coefficient (Wildman–Crippen LogP) is 4.14. The number of aliphatic hydroxyl groups excluding tert-OH is 1. The molecule has 0 aromatic rings. The molecule has 0 aromatic carbocycles. The van der Waals surface area contributed by atoms with E-state index in [-0.39, 0.29) is 23.6 Å². The first kappa shape index (κ1) is 21.4. The number of aliphatic hydroxyl groups is 1. The molecule has 0 heterocycles. The minimum Gasteiger partial charge on any atom is -0.469 e. The molecule has 25 heavy (non-hydrogen) atoms. The summed E-state index contributed by atoms with van der Waals surface area (Å²) in [6.07, 6.45) is 17.8. The van der Waals surface area contributed by atoms with E-state index in [1.807, 2.05) is 12.2 Å². The highest BCUT2D eigenvalue weighted by molar-refractivity contribution is 5.95. The van der Waals surface area contributed by atoms with Crippen LogP contribution in [0.2, 0.25) is 0 Å². The van der Waals surface area contributed by atoms with Crippen molar-refractivity contribution >= 4 is 11.8 Å². The molecule has 4 nitrogen and oxygen atoms in total. The lowest BCUT2D eigenvalue weighted by Crippen LogP contribution is -2.14. The van der Waals surface area contributed by atoms with Crippen molar-refractivity contribution in [2.24, 2.45) is 11.8 Å². The summed E-state index contributed by atoms with van der Waals surface area (Å²) in [6, 6.07) is 0. The van der Waals surface area contributed by atoms with Gasteiger partial charge in [-0.2, -0.15) is 0 Å². The highest BCUT2D eigenvalue weighted by atomic mass is 16.5. The van der Waals surface area contributed by atoms with Gasteiger partial charge in [-0.05, 0) is 37.7 Å². The molecule has 140 valence electrons. The third-order valence-electron chi connectivity index (χ3n) is 4.50. The predicted molar refractivity (Wildman–Crippen MR) is 100 cm³/mol. The van der Waals surface area contributed by atoms with Gasteiger partial charge in [0.2, 0.25) is 0 Å². The zero-order chi connectivity index (χ0) is 18.5. The van der Waals surface area contributed by atoms with Gasteiger partial charge in [0.15, 0.2) is 5.78 Å². The van der Waals surface area contributed by atoms with Crippen molar-refractivity contribution in [2.45, 2.75) is 64.4 Å². The molecule has 0 bridgehead atoms. The maximum Gasteiger partial charge on any atom is 0.305 e.